The Balaban J connectivity index is 2.17. The van der Waals surface area contributed by atoms with Gasteiger partial charge >= 0.3 is 0 Å². The van der Waals surface area contributed by atoms with Crippen LogP contribution in [0.25, 0.3) is 0 Å². The topological polar surface area (TPSA) is 15.3 Å². The maximum absolute atomic E-state index is 3.62. The Kier molecular flexibility index (Phi) is 8.52. The monoisotopic (exact) mass is 262 g/mol. The molecule has 0 saturated heterocycles. The summed E-state index contributed by atoms with van der Waals surface area (Å²) in [5, 5.41) is 3.62. The summed E-state index contributed by atoms with van der Waals surface area (Å²) in [6.07, 6.45) is 5.03. The zero-order valence-corrected chi connectivity index (χ0v) is 12.9. The number of benzene rings is 1. The van der Waals surface area contributed by atoms with E-state index in [1.54, 1.807) is 0 Å². The van der Waals surface area contributed by atoms with Crippen molar-refractivity contribution < 1.29 is 0 Å². The first kappa shape index (κ1) is 16.2. The van der Waals surface area contributed by atoms with Crippen LogP contribution in [0.1, 0.15) is 45.1 Å². The second-order valence-corrected chi connectivity index (χ2v) is 5.42. The van der Waals surface area contributed by atoms with Crippen molar-refractivity contribution in [2.45, 2.75) is 52.1 Å². The van der Waals surface area contributed by atoms with Gasteiger partial charge in [-0.1, -0.05) is 44.2 Å². The second-order valence-electron chi connectivity index (χ2n) is 5.42. The maximum atomic E-state index is 3.62. The molecule has 1 aromatic rings. The first-order valence-corrected chi connectivity index (χ1v) is 7.72. The first-order valence-electron chi connectivity index (χ1n) is 7.72. The van der Waals surface area contributed by atoms with Crippen molar-refractivity contribution in [3.63, 3.8) is 0 Å². The molecule has 0 fully saturated rings. The van der Waals surface area contributed by atoms with E-state index < -0.39 is 0 Å². The molecule has 0 saturated carbocycles. The van der Waals surface area contributed by atoms with Gasteiger partial charge in [0.15, 0.2) is 0 Å². The van der Waals surface area contributed by atoms with E-state index in [0.717, 1.165) is 13.1 Å². The molecule has 2 heteroatoms. The highest BCUT2D eigenvalue weighted by molar-refractivity contribution is 5.14. The third-order valence-corrected chi connectivity index (χ3v) is 3.56. The molecule has 108 valence electrons. The predicted octanol–water partition coefficient (Wildman–Crippen LogP) is 3.68. The predicted molar refractivity (Wildman–Crippen MR) is 84.4 cm³/mol. The molecular formula is C17H30N2. The van der Waals surface area contributed by atoms with E-state index in [2.05, 4.69) is 61.4 Å². The third kappa shape index (κ3) is 7.34. The van der Waals surface area contributed by atoms with E-state index in [9.17, 15) is 0 Å². The fraction of sp³-hybridized carbons (Fsp3) is 0.647. The van der Waals surface area contributed by atoms with Crippen LogP contribution in [0.15, 0.2) is 30.3 Å². The summed E-state index contributed by atoms with van der Waals surface area (Å²) in [5.41, 5.74) is 1.40. The highest BCUT2D eigenvalue weighted by Crippen LogP contribution is 2.06. The van der Waals surface area contributed by atoms with Gasteiger partial charge < -0.3 is 10.2 Å². The van der Waals surface area contributed by atoms with E-state index in [4.69, 9.17) is 0 Å². The quantitative estimate of drug-likeness (QED) is 0.692. The minimum absolute atomic E-state index is 0.699. The molecule has 0 aliphatic carbocycles. The Morgan fingerprint density at radius 2 is 1.89 bits per heavy atom. The number of nitrogens with one attached hydrogen (secondary N) is 1. The van der Waals surface area contributed by atoms with Crippen molar-refractivity contribution in [3.8, 4) is 0 Å². The van der Waals surface area contributed by atoms with E-state index in [1.807, 2.05) is 0 Å². The van der Waals surface area contributed by atoms with Crippen LogP contribution in [0.4, 0.5) is 0 Å². The molecule has 0 spiro atoms. The lowest BCUT2D eigenvalue weighted by Crippen LogP contribution is -2.30. The molecule has 1 rings (SSSR count). The summed E-state index contributed by atoms with van der Waals surface area (Å²) in [7, 11) is 2.22. The van der Waals surface area contributed by atoms with Crippen LogP contribution in [0.3, 0.4) is 0 Å². The van der Waals surface area contributed by atoms with Gasteiger partial charge in [0.25, 0.3) is 0 Å². The van der Waals surface area contributed by atoms with Crippen molar-refractivity contribution in [3.05, 3.63) is 35.9 Å². The highest BCUT2D eigenvalue weighted by atomic mass is 15.1. The van der Waals surface area contributed by atoms with Crippen LogP contribution in [-0.4, -0.2) is 31.1 Å². The van der Waals surface area contributed by atoms with Crippen LogP contribution >= 0.6 is 0 Å². The smallest absolute Gasteiger partial charge is 0.0230 e. The van der Waals surface area contributed by atoms with Gasteiger partial charge in [-0.25, -0.2) is 0 Å². The molecule has 0 amide bonds. The average Bonchev–Trinajstić information content (AvgIpc) is 2.43. The fourth-order valence-corrected chi connectivity index (χ4v) is 2.38. The van der Waals surface area contributed by atoms with E-state index in [1.165, 1.54) is 37.8 Å². The van der Waals surface area contributed by atoms with Gasteiger partial charge in [0.2, 0.25) is 0 Å². The molecule has 1 atom stereocenters. The van der Waals surface area contributed by atoms with Gasteiger partial charge in [0.1, 0.15) is 0 Å². The van der Waals surface area contributed by atoms with Crippen molar-refractivity contribution in [1.82, 2.24) is 10.2 Å². The number of hydrogen-bond donors (Lipinski definition) is 1. The van der Waals surface area contributed by atoms with Crippen LogP contribution in [0.2, 0.25) is 0 Å². The Labute approximate surface area is 119 Å². The lowest BCUT2D eigenvalue weighted by atomic mass is 10.1. The summed E-state index contributed by atoms with van der Waals surface area (Å²) < 4.78 is 0. The molecule has 0 aliphatic rings. The molecule has 0 radical (unpaired) electrons. The third-order valence-electron chi connectivity index (χ3n) is 3.56. The molecule has 0 bridgehead atoms. The van der Waals surface area contributed by atoms with Gasteiger partial charge in [-0.2, -0.15) is 0 Å². The molecule has 2 nitrogen and oxygen atoms in total. The van der Waals surface area contributed by atoms with Crippen LogP contribution in [0, 0.1) is 0 Å². The normalized spacial score (nSPS) is 12.8. The van der Waals surface area contributed by atoms with Crippen molar-refractivity contribution >= 4 is 0 Å². The Bertz CT molecular complexity index is 310. The molecule has 1 N–H and O–H groups in total. The number of nitrogens with zero attached hydrogens (tertiary/aromatic N) is 1. The molecule has 0 aliphatic heterocycles. The van der Waals surface area contributed by atoms with Crippen LogP contribution < -0.4 is 5.32 Å². The van der Waals surface area contributed by atoms with Gasteiger partial charge in [-0.15, -0.1) is 0 Å². The van der Waals surface area contributed by atoms with Crippen LogP contribution in [-0.2, 0) is 6.54 Å². The maximum Gasteiger partial charge on any atom is 0.0230 e. The van der Waals surface area contributed by atoms with Crippen molar-refractivity contribution in [1.29, 1.82) is 0 Å². The summed E-state index contributed by atoms with van der Waals surface area (Å²) in [5.74, 6) is 0. The average molecular weight is 262 g/mol. The largest absolute Gasteiger partial charge is 0.314 e. The summed E-state index contributed by atoms with van der Waals surface area (Å²) in [6, 6.07) is 11.4. The standard InChI is InChI=1S/C17H30N2/c1-4-13-18-17(5-2)12-9-14-19(3)15-16-10-7-6-8-11-16/h6-8,10-11,17-18H,4-5,9,12-15H2,1-3H3. The Hall–Kier alpha value is -0.860. The van der Waals surface area contributed by atoms with Gasteiger partial charge in [0, 0.05) is 12.6 Å². The minimum Gasteiger partial charge on any atom is -0.314 e. The highest BCUT2D eigenvalue weighted by Gasteiger charge is 2.06. The molecule has 19 heavy (non-hydrogen) atoms. The molecular weight excluding hydrogens is 232 g/mol. The Morgan fingerprint density at radius 3 is 2.53 bits per heavy atom. The van der Waals surface area contributed by atoms with Crippen molar-refractivity contribution in [2.24, 2.45) is 0 Å². The fourth-order valence-electron chi connectivity index (χ4n) is 2.38. The molecule has 0 heterocycles. The van der Waals surface area contributed by atoms with Gasteiger partial charge in [-0.3, -0.25) is 0 Å². The molecule has 1 aromatic carbocycles. The SMILES string of the molecule is CCCNC(CC)CCCN(C)Cc1ccccc1. The first-order chi connectivity index (χ1) is 9.26. The zero-order chi connectivity index (χ0) is 13.9. The number of hydrogen-bond acceptors (Lipinski definition) is 2. The molecule has 0 aromatic heterocycles. The minimum atomic E-state index is 0.699. The number of rotatable bonds is 10. The lowest BCUT2D eigenvalue weighted by Gasteiger charge is -2.20. The van der Waals surface area contributed by atoms with E-state index >= 15 is 0 Å². The second kappa shape index (κ2) is 9.99. The van der Waals surface area contributed by atoms with Gasteiger partial charge in [-0.05, 0) is 51.4 Å². The zero-order valence-electron chi connectivity index (χ0n) is 12.9. The summed E-state index contributed by atoms with van der Waals surface area (Å²) in [4.78, 5) is 2.42. The van der Waals surface area contributed by atoms with E-state index in [0.29, 0.717) is 6.04 Å². The Morgan fingerprint density at radius 1 is 1.16 bits per heavy atom. The van der Waals surface area contributed by atoms with Crippen molar-refractivity contribution in [2.75, 3.05) is 20.1 Å². The lowest BCUT2D eigenvalue weighted by molar-refractivity contribution is 0.307. The van der Waals surface area contributed by atoms with Gasteiger partial charge in [0.05, 0.1) is 0 Å². The van der Waals surface area contributed by atoms with E-state index in [-0.39, 0.29) is 0 Å². The summed E-state index contributed by atoms with van der Waals surface area (Å²) in [6.45, 7) is 7.89. The summed E-state index contributed by atoms with van der Waals surface area (Å²) >= 11 is 0. The molecule has 1 unspecified atom stereocenters. The van der Waals surface area contributed by atoms with Crippen LogP contribution in [0.5, 0.6) is 0 Å².